The summed E-state index contributed by atoms with van der Waals surface area (Å²) in [6.07, 6.45) is 0. The topological polar surface area (TPSA) is 49.3 Å². The Balaban J connectivity index is 2.20. The first-order valence-corrected chi connectivity index (χ1v) is 6.31. The van der Waals surface area contributed by atoms with Crippen LogP contribution in [-0.4, -0.2) is 11.1 Å². The molecule has 2 N–H and O–H groups in total. The molecule has 0 heterocycles. The molecule has 104 valence electrons. The zero-order valence-corrected chi connectivity index (χ0v) is 11.4. The van der Waals surface area contributed by atoms with Gasteiger partial charge in [0.25, 0.3) is 0 Å². The Morgan fingerprint density at radius 1 is 1.25 bits per heavy atom. The lowest BCUT2D eigenvalue weighted by Gasteiger charge is -2.12. The van der Waals surface area contributed by atoms with Gasteiger partial charge in [-0.1, -0.05) is 12.1 Å². The lowest BCUT2D eigenvalue weighted by molar-refractivity contribution is 0.0696. The molecular weight excluding hydrogens is 257 g/mol. The van der Waals surface area contributed by atoms with Crippen LogP contribution in [0, 0.1) is 19.7 Å². The van der Waals surface area contributed by atoms with E-state index >= 15 is 0 Å². The van der Waals surface area contributed by atoms with Crippen LogP contribution in [0.3, 0.4) is 0 Å². The van der Waals surface area contributed by atoms with Crippen LogP contribution < -0.4 is 5.32 Å². The van der Waals surface area contributed by atoms with E-state index in [1.807, 2.05) is 32.0 Å². The number of carboxylic acids is 1. The molecule has 0 fully saturated rings. The Morgan fingerprint density at radius 3 is 2.70 bits per heavy atom. The maximum Gasteiger partial charge on any atom is 0.335 e. The minimum absolute atomic E-state index is 0.0872. The lowest BCUT2D eigenvalue weighted by atomic mass is 10.1. The van der Waals surface area contributed by atoms with Gasteiger partial charge in [0.1, 0.15) is 5.82 Å². The summed E-state index contributed by atoms with van der Waals surface area (Å²) < 4.78 is 13.7. The molecule has 0 spiro atoms. The molecule has 0 atom stereocenters. The van der Waals surface area contributed by atoms with Gasteiger partial charge in [-0.25, -0.2) is 9.18 Å². The Kier molecular flexibility index (Phi) is 4.03. The third-order valence-electron chi connectivity index (χ3n) is 3.37. The second-order valence-electron chi connectivity index (χ2n) is 4.71. The van der Waals surface area contributed by atoms with Crippen molar-refractivity contribution >= 4 is 11.7 Å². The van der Waals surface area contributed by atoms with Gasteiger partial charge in [-0.15, -0.1) is 0 Å². The summed E-state index contributed by atoms with van der Waals surface area (Å²) in [5.41, 5.74) is 3.59. The molecule has 0 saturated carbocycles. The van der Waals surface area contributed by atoms with Gasteiger partial charge in [0, 0.05) is 17.8 Å². The van der Waals surface area contributed by atoms with Crippen molar-refractivity contribution in [1.82, 2.24) is 0 Å². The molecule has 0 bridgehead atoms. The molecule has 3 nitrogen and oxygen atoms in total. The summed E-state index contributed by atoms with van der Waals surface area (Å²) >= 11 is 0. The molecule has 0 aliphatic heterocycles. The fourth-order valence-electron chi connectivity index (χ4n) is 1.98. The molecule has 0 aliphatic rings. The molecule has 2 aromatic carbocycles. The van der Waals surface area contributed by atoms with Gasteiger partial charge < -0.3 is 10.4 Å². The van der Waals surface area contributed by atoms with Crippen molar-refractivity contribution in [2.24, 2.45) is 0 Å². The number of benzene rings is 2. The van der Waals surface area contributed by atoms with E-state index in [4.69, 9.17) is 5.11 Å². The maximum absolute atomic E-state index is 13.7. The average Bonchev–Trinajstić information content (AvgIpc) is 2.41. The number of carboxylic acid groups (broad SMARTS) is 1. The van der Waals surface area contributed by atoms with Crippen LogP contribution in [-0.2, 0) is 6.54 Å². The Labute approximate surface area is 117 Å². The molecule has 0 unspecified atom stereocenters. The Hall–Kier alpha value is -2.36. The zero-order valence-electron chi connectivity index (χ0n) is 11.4. The van der Waals surface area contributed by atoms with E-state index < -0.39 is 11.8 Å². The predicted octanol–water partition coefficient (Wildman–Crippen LogP) is 3.75. The van der Waals surface area contributed by atoms with E-state index in [2.05, 4.69) is 5.32 Å². The number of hydrogen-bond acceptors (Lipinski definition) is 2. The third kappa shape index (κ3) is 2.96. The highest BCUT2D eigenvalue weighted by Crippen LogP contribution is 2.20. The molecule has 0 radical (unpaired) electrons. The quantitative estimate of drug-likeness (QED) is 0.891. The van der Waals surface area contributed by atoms with Gasteiger partial charge in [0.05, 0.1) is 5.56 Å². The molecule has 4 heteroatoms. The molecule has 0 saturated heterocycles. The van der Waals surface area contributed by atoms with Crippen molar-refractivity contribution in [2.45, 2.75) is 20.4 Å². The smallest absolute Gasteiger partial charge is 0.335 e. The van der Waals surface area contributed by atoms with Gasteiger partial charge in [0.15, 0.2) is 0 Å². The number of carbonyl (C=O) groups is 1. The van der Waals surface area contributed by atoms with E-state index in [-0.39, 0.29) is 12.1 Å². The Bertz CT molecular complexity index is 653. The number of halogens is 1. The Morgan fingerprint density at radius 2 is 2.00 bits per heavy atom. The SMILES string of the molecule is Cc1cccc(NCc2cc(C(=O)O)ccc2F)c1C. The summed E-state index contributed by atoms with van der Waals surface area (Å²) in [4.78, 5) is 10.9. The van der Waals surface area contributed by atoms with Crippen molar-refractivity contribution < 1.29 is 14.3 Å². The number of nitrogens with one attached hydrogen (secondary N) is 1. The van der Waals surface area contributed by atoms with Gasteiger partial charge in [-0.3, -0.25) is 0 Å². The van der Waals surface area contributed by atoms with Crippen LogP contribution >= 0.6 is 0 Å². The van der Waals surface area contributed by atoms with Gasteiger partial charge in [-0.05, 0) is 49.2 Å². The van der Waals surface area contributed by atoms with E-state index in [1.165, 1.54) is 18.2 Å². The van der Waals surface area contributed by atoms with Crippen LogP contribution in [0.5, 0.6) is 0 Å². The van der Waals surface area contributed by atoms with Crippen LogP contribution in [0.25, 0.3) is 0 Å². The highest BCUT2D eigenvalue weighted by Gasteiger charge is 2.09. The molecule has 0 amide bonds. The van der Waals surface area contributed by atoms with Crippen molar-refractivity contribution in [2.75, 3.05) is 5.32 Å². The third-order valence-corrected chi connectivity index (χ3v) is 3.37. The normalized spacial score (nSPS) is 10.3. The van der Waals surface area contributed by atoms with Gasteiger partial charge in [-0.2, -0.15) is 0 Å². The summed E-state index contributed by atoms with van der Waals surface area (Å²) in [5, 5.41) is 12.1. The molecule has 20 heavy (non-hydrogen) atoms. The number of rotatable bonds is 4. The van der Waals surface area contributed by atoms with E-state index in [1.54, 1.807) is 0 Å². The highest BCUT2D eigenvalue weighted by atomic mass is 19.1. The highest BCUT2D eigenvalue weighted by molar-refractivity contribution is 5.87. The predicted molar refractivity (Wildman–Crippen MR) is 76.6 cm³/mol. The molecule has 0 aliphatic carbocycles. The van der Waals surface area contributed by atoms with Crippen molar-refractivity contribution in [3.63, 3.8) is 0 Å². The van der Waals surface area contributed by atoms with Crippen LogP contribution in [0.4, 0.5) is 10.1 Å². The van der Waals surface area contributed by atoms with E-state index in [0.717, 1.165) is 16.8 Å². The summed E-state index contributed by atoms with van der Waals surface area (Å²) in [6, 6.07) is 9.65. The first-order chi connectivity index (χ1) is 9.49. The monoisotopic (exact) mass is 273 g/mol. The van der Waals surface area contributed by atoms with E-state index in [9.17, 15) is 9.18 Å². The molecular formula is C16H16FNO2. The van der Waals surface area contributed by atoms with Crippen LogP contribution in [0.2, 0.25) is 0 Å². The standard InChI is InChI=1S/C16H16FNO2/c1-10-4-3-5-15(11(10)2)18-9-13-8-12(16(19)20)6-7-14(13)17/h3-8,18H,9H2,1-2H3,(H,19,20). The number of aryl methyl sites for hydroxylation is 1. The average molecular weight is 273 g/mol. The minimum atomic E-state index is -1.06. The lowest BCUT2D eigenvalue weighted by Crippen LogP contribution is -2.06. The number of anilines is 1. The maximum atomic E-state index is 13.7. The van der Waals surface area contributed by atoms with Crippen LogP contribution in [0.1, 0.15) is 27.0 Å². The van der Waals surface area contributed by atoms with Crippen molar-refractivity contribution in [3.8, 4) is 0 Å². The number of hydrogen-bond donors (Lipinski definition) is 2. The summed E-state index contributed by atoms with van der Waals surface area (Å²) in [7, 11) is 0. The largest absolute Gasteiger partial charge is 0.478 e. The van der Waals surface area contributed by atoms with E-state index in [0.29, 0.717) is 5.56 Å². The van der Waals surface area contributed by atoms with Gasteiger partial charge in [0.2, 0.25) is 0 Å². The minimum Gasteiger partial charge on any atom is -0.478 e. The van der Waals surface area contributed by atoms with Gasteiger partial charge >= 0.3 is 5.97 Å². The fourth-order valence-corrected chi connectivity index (χ4v) is 1.98. The first kappa shape index (κ1) is 14.1. The fraction of sp³-hybridized carbons (Fsp3) is 0.188. The molecule has 0 aromatic heterocycles. The van der Waals surface area contributed by atoms with Crippen molar-refractivity contribution in [3.05, 3.63) is 64.5 Å². The zero-order chi connectivity index (χ0) is 14.7. The second-order valence-corrected chi connectivity index (χ2v) is 4.71. The number of aromatic carboxylic acids is 1. The molecule has 2 aromatic rings. The molecule has 2 rings (SSSR count). The summed E-state index contributed by atoms with van der Waals surface area (Å²) in [5.74, 6) is -1.47. The first-order valence-electron chi connectivity index (χ1n) is 6.31. The van der Waals surface area contributed by atoms with Crippen LogP contribution in [0.15, 0.2) is 36.4 Å². The second kappa shape index (κ2) is 5.74. The van der Waals surface area contributed by atoms with Crippen molar-refractivity contribution in [1.29, 1.82) is 0 Å². The summed E-state index contributed by atoms with van der Waals surface area (Å²) in [6.45, 7) is 4.24.